The van der Waals surface area contributed by atoms with E-state index in [0.717, 1.165) is 6.20 Å². The Morgan fingerprint density at radius 1 is 1.50 bits per heavy atom. The first-order valence-corrected chi connectivity index (χ1v) is 4.28. The molecule has 76 valence electrons. The Morgan fingerprint density at radius 2 is 2.07 bits per heavy atom. The molecular weight excluding hydrogens is 316 g/mol. The Balaban J connectivity index is 3.44. The molecule has 0 aliphatic rings. The molecule has 0 aromatic carbocycles. The second kappa shape index (κ2) is 3.67. The van der Waals surface area contributed by atoms with Crippen LogP contribution in [0.25, 0.3) is 0 Å². The van der Waals surface area contributed by atoms with E-state index in [1.165, 1.54) is 22.6 Å². The second-order valence-corrected chi connectivity index (χ2v) is 3.27. The SMILES string of the molecule is O=[N+]([O-])c1c(C(F)(F)F)ccnc1I. The summed E-state index contributed by atoms with van der Waals surface area (Å²) in [5.41, 5.74) is -2.28. The molecule has 0 amide bonds. The highest BCUT2D eigenvalue weighted by molar-refractivity contribution is 14.1. The van der Waals surface area contributed by atoms with Gasteiger partial charge in [-0.05, 0) is 28.7 Å². The predicted octanol–water partition coefficient (Wildman–Crippen LogP) is 2.61. The predicted molar refractivity (Wildman–Crippen MR) is 48.6 cm³/mol. The topological polar surface area (TPSA) is 56.0 Å². The van der Waals surface area contributed by atoms with Crippen molar-refractivity contribution < 1.29 is 18.1 Å². The van der Waals surface area contributed by atoms with E-state index >= 15 is 0 Å². The monoisotopic (exact) mass is 318 g/mol. The molecule has 0 radical (unpaired) electrons. The summed E-state index contributed by atoms with van der Waals surface area (Å²) in [6, 6.07) is 0.584. The van der Waals surface area contributed by atoms with Gasteiger partial charge in [-0.2, -0.15) is 13.2 Å². The van der Waals surface area contributed by atoms with Crippen molar-refractivity contribution in [2.75, 3.05) is 0 Å². The molecule has 0 unspecified atom stereocenters. The number of aromatic nitrogens is 1. The highest BCUT2D eigenvalue weighted by atomic mass is 127. The number of halogens is 4. The Morgan fingerprint density at radius 3 is 2.43 bits per heavy atom. The zero-order chi connectivity index (χ0) is 10.9. The molecule has 0 aliphatic heterocycles. The molecule has 0 aliphatic carbocycles. The molecule has 1 heterocycles. The van der Waals surface area contributed by atoms with Gasteiger partial charge in [0.1, 0.15) is 5.56 Å². The molecule has 8 heteroatoms. The van der Waals surface area contributed by atoms with Gasteiger partial charge in [-0.3, -0.25) is 10.1 Å². The third kappa shape index (κ3) is 2.11. The molecule has 1 aromatic rings. The minimum atomic E-state index is -4.73. The third-order valence-electron chi connectivity index (χ3n) is 1.37. The fourth-order valence-electron chi connectivity index (χ4n) is 0.831. The highest BCUT2D eigenvalue weighted by Crippen LogP contribution is 2.37. The lowest BCUT2D eigenvalue weighted by molar-refractivity contribution is -0.389. The zero-order valence-electron chi connectivity index (χ0n) is 6.38. The summed E-state index contributed by atoms with van der Waals surface area (Å²) in [6.07, 6.45) is -3.84. The smallest absolute Gasteiger partial charge is 0.258 e. The second-order valence-electron chi connectivity index (χ2n) is 2.25. The molecule has 0 saturated heterocycles. The first-order chi connectivity index (χ1) is 6.34. The number of nitrogens with zero attached hydrogens (tertiary/aromatic N) is 2. The third-order valence-corrected chi connectivity index (χ3v) is 2.16. The molecule has 1 rings (SSSR count). The van der Waals surface area contributed by atoms with Crippen molar-refractivity contribution in [3.8, 4) is 0 Å². The molecule has 0 fully saturated rings. The molecule has 0 saturated carbocycles. The van der Waals surface area contributed by atoms with Gasteiger partial charge >= 0.3 is 11.9 Å². The number of alkyl halides is 3. The summed E-state index contributed by atoms with van der Waals surface area (Å²) < 4.78 is 36.5. The van der Waals surface area contributed by atoms with E-state index in [4.69, 9.17) is 0 Å². The molecule has 0 atom stereocenters. The van der Waals surface area contributed by atoms with Crippen LogP contribution in [0.15, 0.2) is 12.3 Å². The van der Waals surface area contributed by atoms with E-state index in [2.05, 4.69) is 4.98 Å². The summed E-state index contributed by atoms with van der Waals surface area (Å²) >= 11 is 1.39. The standard InChI is InChI=1S/C6H2F3IN2O2/c7-6(8,9)3-1-2-11-5(10)4(3)12(13)14/h1-2H. The zero-order valence-corrected chi connectivity index (χ0v) is 8.53. The first-order valence-electron chi connectivity index (χ1n) is 3.20. The van der Waals surface area contributed by atoms with E-state index in [1.807, 2.05) is 0 Å². The molecule has 0 N–H and O–H groups in total. The van der Waals surface area contributed by atoms with Gasteiger partial charge < -0.3 is 0 Å². The summed E-state index contributed by atoms with van der Waals surface area (Å²) in [4.78, 5) is 12.7. The average Bonchev–Trinajstić information content (AvgIpc) is 2.01. The Labute approximate surface area is 89.4 Å². The molecule has 0 bridgehead atoms. The summed E-state index contributed by atoms with van der Waals surface area (Å²) in [6.45, 7) is 0. The normalized spacial score (nSPS) is 11.4. The van der Waals surface area contributed by atoms with Crippen LogP contribution in [0.1, 0.15) is 5.56 Å². The number of rotatable bonds is 1. The van der Waals surface area contributed by atoms with E-state index in [1.54, 1.807) is 0 Å². The molecule has 14 heavy (non-hydrogen) atoms. The maximum absolute atomic E-state index is 12.3. The Bertz CT molecular complexity index is 380. The maximum atomic E-state index is 12.3. The number of pyridine rings is 1. The molecule has 0 spiro atoms. The van der Waals surface area contributed by atoms with E-state index < -0.39 is 22.4 Å². The van der Waals surface area contributed by atoms with Gasteiger partial charge in [0.05, 0.1) is 4.92 Å². The Kier molecular flexibility index (Phi) is 2.92. The van der Waals surface area contributed by atoms with Gasteiger partial charge in [0.25, 0.3) is 0 Å². The van der Waals surface area contributed by atoms with Crippen LogP contribution >= 0.6 is 22.6 Å². The highest BCUT2D eigenvalue weighted by Gasteiger charge is 2.39. The Hall–Kier alpha value is -0.930. The van der Waals surface area contributed by atoms with Gasteiger partial charge in [0, 0.05) is 6.20 Å². The van der Waals surface area contributed by atoms with Crippen LogP contribution in [-0.4, -0.2) is 9.91 Å². The molecular formula is C6H2F3IN2O2. The number of hydrogen-bond donors (Lipinski definition) is 0. The average molecular weight is 318 g/mol. The minimum Gasteiger partial charge on any atom is -0.258 e. The largest absolute Gasteiger partial charge is 0.423 e. The van der Waals surface area contributed by atoms with Gasteiger partial charge in [0.2, 0.25) is 0 Å². The lowest BCUT2D eigenvalue weighted by Crippen LogP contribution is -2.10. The van der Waals surface area contributed by atoms with Crippen LogP contribution in [0.5, 0.6) is 0 Å². The van der Waals surface area contributed by atoms with Crippen molar-refractivity contribution in [1.82, 2.24) is 4.98 Å². The van der Waals surface area contributed by atoms with Crippen molar-refractivity contribution >= 4 is 28.3 Å². The van der Waals surface area contributed by atoms with Gasteiger partial charge in [0.15, 0.2) is 3.70 Å². The molecule has 1 aromatic heterocycles. The van der Waals surface area contributed by atoms with Crippen LogP contribution in [0.4, 0.5) is 18.9 Å². The minimum absolute atomic E-state index is 0.276. The number of hydrogen-bond acceptors (Lipinski definition) is 3. The van der Waals surface area contributed by atoms with E-state index in [0.29, 0.717) is 6.07 Å². The van der Waals surface area contributed by atoms with Crippen LogP contribution in [0, 0.1) is 13.8 Å². The van der Waals surface area contributed by atoms with Gasteiger partial charge in [-0.1, -0.05) is 0 Å². The fraction of sp³-hybridized carbons (Fsp3) is 0.167. The van der Waals surface area contributed by atoms with Crippen molar-refractivity contribution in [2.24, 2.45) is 0 Å². The summed E-state index contributed by atoms with van der Waals surface area (Å²) in [7, 11) is 0. The van der Waals surface area contributed by atoms with Crippen molar-refractivity contribution in [3.05, 3.63) is 31.6 Å². The lowest BCUT2D eigenvalue weighted by atomic mass is 10.2. The maximum Gasteiger partial charge on any atom is 0.423 e. The van der Waals surface area contributed by atoms with Crippen LogP contribution in [-0.2, 0) is 6.18 Å². The van der Waals surface area contributed by atoms with Gasteiger partial charge in [-0.25, -0.2) is 4.98 Å². The van der Waals surface area contributed by atoms with Crippen molar-refractivity contribution in [3.63, 3.8) is 0 Å². The van der Waals surface area contributed by atoms with Crippen molar-refractivity contribution in [1.29, 1.82) is 0 Å². The van der Waals surface area contributed by atoms with E-state index in [9.17, 15) is 23.3 Å². The summed E-state index contributed by atoms with van der Waals surface area (Å²) in [5, 5.41) is 10.4. The fourth-order valence-corrected chi connectivity index (χ4v) is 1.48. The first kappa shape index (κ1) is 11.1. The summed E-state index contributed by atoms with van der Waals surface area (Å²) in [5.74, 6) is 0. The van der Waals surface area contributed by atoms with Crippen LogP contribution < -0.4 is 0 Å². The quantitative estimate of drug-likeness (QED) is 0.346. The molecule has 4 nitrogen and oxygen atoms in total. The van der Waals surface area contributed by atoms with Gasteiger partial charge in [-0.15, -0.1) is 0 Å². The van der Waals surface area contributed by atoms with Crippen molar-refractivity contribution in [2.45, 2.75) is 6.18 Å². The number of nitro groups is 1. The van der Waals surface area contributed by atoms with Crippen LogP contribution in [0.3, 0.4) is 0 Å². The lowest BCUT2D eigenvalue weighted by Gasteiger charge is -2.06. The van der Waals surface area contributed by atoms with E-state index in [-0.39, 0.29) is 3.70 Å². The van der Waals surface area contributed by atoms with Crippen LogP contribution in [0.2, 0.25) is 0 Å².